The van der Waals surface area contributed by atoms with E-state index in [0.29, 0.717) is 18.6 Å². The average molecular weight is 714 g/mol. The van der Waals surface area contributed by atoms with E-state index in [0.717, 1.165) is 11.1 Å². The summed E-state index contributed by atoms with van der Waals surface area (Å²) in [5.74, 6) is -2.77. The van der Waals surface area contributed by atoms with Crippen molar-refractivity contribution < 1.29 is 33.9 Å². The molecule has 12 nitrogen and oxygen atoms in total. The molecule has 266 valence electrons. The lowest BCUT2D eigenvalue weighted by Gasteiger charge is -2.28. The number of hydrogen-bond acceptors (Lipinski definition) is 9. The van der Waals surface area contributed by atoms with Crippen molar-refractivity contribution in [1.29, 1.82) is 0 Å². The quantitative estimate of drug-likeness (QED) is 0.211. The minimum absolute atomic E-state index is 0.0799. The van der Waals surface area contributed by atoms with Crippen LogP contribution in [0.3, 0.4) is 0 Å². The van der Waals surface area contributed by atoms with E-state index in [1.165, 1.54) is 35.4 Å². The molecule has 1 aliphatic heterocycles. The van der Waals surface area contributed by atoms with Gasteiger partial charge in [-0.3, -0.25) is 28.8 Å². The Morgan fingerprint density at radius 1 is 0.755 bits per heavy atom. The lowest BCUT2D eigenvalue weighted by Crippen LogP contribution is -2.61. The summed E-state index contributed by atoms with van der Waals surface area (Å²) in [6.45, 7) is 4.60. The van der Waals surface area contributed by atoms with Crippen LogP contribution >= 0.6 is 21.6 Å². The van der Waals surface area contributed by atoms with Gasteiger partial charge in [0.15, 0.2) is 5.78 Å². The summed E-state index contributed by atoms with van der Waals surface area (Å²) in [5.41, 5.74) is 1.57. The van der Waals surface area contributed by atoms with E-state index in [1.54, 1.807) is 0 Å². The smallest absolute Gasteiger partial charge is 0.245 e. The number of aliphatic hydroxyl groups is 1. The lowest BCUT2D eigenvalue weighted by atomic mass is 10.0. The number of carbonyl (C=O) groups is 6. The number of aliphatic hydroxyl groups excluding tert-OH is 1. The fourth-order valence-electron chi connectivity index (χ4n) is 5.10. The molecule has 2 aromatic carbocycles. The van der Waals surface area contributed by atoms with Crippen molar-refractivity contribution in [2.24, 2.45) is 0 Å². The Balaban J connectivity index is 1.98. The molecule has 3 rings (SSSR count). The highest BCUT2D eigenvalue weighted by Crippen LogP contribution is 2.23. The third kappa shape index (κ3) is 13.5. The molecule has 5 amide bonds. The van der Waals surface area contributed by atoms with Gasteiger partial charge in [-0.25, -0.2) is 0 Å². The van der Waals surface area contributed by atoms with E-state index in [4.69, 9.17) is 0 Å². The minimum atomic E-state index is -1.40. The molecular weight excluding hydrogens is 667 g/mol. The number of nitrogens with one attached hydrogen (secondary N) is 5. The van der Waals surface area contributed by atoms with Gasteiger partial charge in [-0.05, 0) is 31.4 Å². The minimum Gasteiger partial charge on any atom is -0.391 e. The molecule has 1 heterocycles. The highest BCUT2D eigenvalue weighted by molar-refractivity contribution is 8.76. The molecule has 2 aromatic rings. The van der Waals surface area contributed by atoms with Crippen molar-refractivity contribution in [1.82, 2.24) is 26.6 Å². The SMILES string of the molecule is CCCCC1NC(=O)C(Cc2ccccc2)NC(=O)C(Cc2ccccc2)NC(=O)CCSSCC(C(C)=O)NC(=O)C(C(C)O)NC1=O. The molecule has 0 radical (unpaired) electrons. The highest BCUT2D eigenvalue weighted by atomic mass is 33.1. The Bertz CT molecular complexity index is 1410. The van der Waals surface area contributed by atoms with Crippen molar-refractivity contribution in [3.63, 3.8) is 0 Å². The Morgan fingerprint density at radius 2 is 1.29 bits per heavy atom. The first-order valence-corrected chi connectivity index (χ1v) is 19.0. The van der Waals surface area contributed by atoms with Gasteiger partial charge in [0, 0.05) is 30.8 Å². The van der Waals surface area contributed by atoms with Gasteiger partial charge < -0.3 is 31.7 Å². The van der Waals surface area contributed by atoms with E-state index in [2.05, 4.69) is 26.6 Å². The predicted octanol–water partition coefficient (Wildman–Crippen LogP) is 1.84. The first-order valence-electron chi connectivity index (χ1n) is 16.5. The van der Waals surface area contributed by atoms with Crippen LogP contribution in [-0.4, -0.2) is 88.2 Å². The molecule has 1 fully saturated rings. The molecular formula is C35H47N5O7S2. The summed E-state index contributed by atoms with van der Waals surface area (Å²) in [5, 5.41) is 24.1. The van der Waals surface area contributed by atoms with Crippen LogP contribution in [0.15, 0.2) is 60.7 Å². The van der Waals surface area contributed by atoms with Crippen molar-refractivity contribution in [2.75, 3.05) is 11.5 Å². The standard InChI is InChI=1S/C35H47N5O7S2/c1-4-5-16-26-32(44)40-31(23(3)42)35(47)39-29(22(2)41)21-49-48-18-17-30(43)36-27(19-24-12-8-6-9-13-24)33(45)38-28(34(46)37-26)20-25-14-10-7-11-15-25/h6-15,23,26-29,31,42H,4-5,16-21H2,1-3H3,(H,36,43)(H,37,46)(H,38,45)(H,39,47)(H,40,44). The van der Waals surface area contributed by atoms with Crippen LogP contribution in [0, 0.1) is 0 Å². The van der Waals surface area contributed by atoms with Gasteiger partial charge in [-0.1, -0.05) is 102 Å². The Labute approximate surface area is 295 Å². The van der Waals surface area contributed by atoms with Gasteiger partial charge in [0.1, 0.15) is 24.2 Å². The number of rotatable bonds is 9. The van der Waals surface area contributed by atoms with Gasteiger partial charge in [0.05, 0.1) is 12.1 Å². The van der Waals surface area contributed by atoms with Crippen molar-refractivity contribution in [2.45, 2.75) is 95.6 Å². The number of unbranched alkanes of at least 4 members (excludes halogenated alkanes) is 1. The lowest BCUT2D eigenvalue weighted by molar-refractivity contribution is -0.136. The van der Waals surface area contributed by atoms with Gasteiger partial charge in [-0.2, -0.15) is 0 Å². The molecule has 0 aromatic heterocycles. The van der Waals surface area contributed by atoms with Gasteiger partial charge in [0.2, 0.25) is 29.5 Å². The number of benzene rings is 2. The van der Waals surface area contributed by atoms with Gasteiger partial charge in [0.25, 0.3) is 0 Å². The second-order valence-corrected chi connectivity index (χ2v) is 14.6. The zero-order chi connectivity index (χ0) is 35.8. The third-order valence-corrected chi connectivity index (χ3v) is 10.3. The van der Waals surface area contributed by atoms with Gasteiger partial charge in [-0.15, -0.1) is 0 Å². The second-order valence-electron chi connectivity index (χ2n) is 12.0. The maximum absolute atomic E-state index is 13.9. The Kier molecular flexibility index (Phi) is 16.6. The first kappa shape index (κ1) is 39.6. The third-order valence-electron chi connectivity index (χ3n) is 7.93. The summed E-state index contributed by atoms with van der Waals surface area (Å²) >= 11 is 0. The Morgan fingerprint density at radius 3 is 1.82 bits per heavy atom. The van der Waals surface area contributed by atoms with Crippen LogP contribution in [-0.2, 0) is 41.6 Å². The van der Waals surface area contributed by atoms with E-state index < -0.39 is 59.9 Å². The van der Waals surface area contributed by atoms with Crippen LogP contribution in [0.2, 0.25) is 0 Å². The molecule has 6 atom stereocenters. The summed E-state index contributed by atoms with van der Waals surface area (Å²) < 4.78 is 0. The van der Waals surface area contributed by atoms with Crippen LogP contribution in [0.25, 0.3) is 0 Å². The van der Waals surface area contributed by atoms with Crippen molar-refractivity contribution in [3.05, 3.63) is 71.8 Å². The number of Topliss-reactive ketones (excluding diaryl/α,β-unsaturated/α-hetero) is 1. The summed E-state index contributed by atoms with van der Waals surface area (Å²) in [6, 6.07) is 12.8. The van der Waals surface area contributed by atoms with Crippen LogP contribution in [0.1, 0.15) is 57.6 Å². The first-order chi connectivity index (χ1) is 23.5. The molecule has 0 aliphatic carbocycles. The zero-order valence-electron chi connectivity index (χ0n) is 28.1. The second kappa shape index (κ2) is 20.6. The maximum atomic E-state index is 13.9. The normalized spacial score (nSPS) is 24.3. The van der Waals surface area contributed by atoms with E-state index in [9.17, 15) is 33.9 Å². The molecule has 1 aliphatic rings. The zero-order valence-corrected chi connectivity index (χ0v) is 29.7. The number of amides is 5. The highest BCUT2D eigenvalue weighted by Gasteiger charge is 2.34. The van der Waals surface area contributed by atoms with E-state index in [1.807, 2.05) is 67.6 Å². The molecule has 6 N–H and O–H groups in total. The number of hydrogen-bond donors (Lipinski definition) is 6. The van der Waals surface area contributed by atoms with Crippen molar-refractivity contribution >= 4 is 56.9 Å². The van der Waals surface area contributed by atoms with Crippen LogP contribution in [0.4, 0.5) is 0 Å². The topological polar surface area (TPSA) is 183 Å². The van der Waals surface area contributed by atoms with Crippen LogP contribution < -0.4 is 26.6 Å². The summed E-state index contributed by atoms with van der Waals surface area (Å²) in [4.78, 5) is 80.1. The number of ketones is 1. The maximum Gasteiger partial charge on any atom is 0.245 e. The van der Waals surface area contributed by atoms with E-state index >= 15 is 0 Å². The molecule has 0 bridgehead atoms. The molecule has 6 unspecified atom stereocenters. The summed E-state index contributed by atoms with van der Waals surface area (Å²) in [6.07, 6.45) is 0.548. The van der Waals surface area contributed by atoms with Crippen LogP contribution in [0.5, 0.6) is 0 Å². The fourth-order valence-corrected chi connectivity index (χ4v) is 7.33. The van der Waals surface area contributed by atoms with Gasteiger partial charge >= 0.3 is 0 Å². The number of carbonyl (C=O) groups excluding carboxylic acids is 6. The predicted molar refractivity (Wildman–Crippen MR) is 191 cm³/mol. The average Bonchev–Trinajstić information content (AvgIpc) is 3.07. The monoisotopic (exact) mass is 713 g/mol. The molecule has 0 spiro atoms. The van der Waals surface area contributed by atoms with E-state index in [-0.39, 0.29) is 43.1 Å². The molecule has 1 saturated heterocycles. The molecule has 14 heteroatoms. The molecule has 0 saturated carbocycles. The Hall–Kier alpha value is -3.88. The molecule has 49 heavy (non-hydrogen) atoms. The van der Waals surface area contributed by atoms with Crippen molar-refractivity contribution in [3.8, 4) is 0 Å². The largest absolute Gasteiger partial charge is 0.391 e. The fraction of sp³-hybridized carbons (Fsp3) is 0.486. The summed E-state index contributed by atoms with van der Waals surface area (Å²) in [7, 11) is 2.62.